The highest BCUT2D eigenvalue weighted by molar-refractivity contribution is 8.00. The summed E-state index contributed by atoms with van der Waals surface area (Å²) < 4.78 is 1.62. The molecule has 17 heavy (non-hydrogen) atoms. The van der Waals surface area contributed by atoms with E-state index in [-0.39, 0.29) is 5.78 Å². The molecule has 0 saturated carbocycles. The van der Waals surface area contributed by atoms with Gasteiger partial charge in [0, 0.05) is 18.1 Å². The van der Waals surface area contributed by atoms with E-state index in [0.29, 0.717) is 16.3 Å². The highest BCUT2D eigenvalue weighted by atomic mass is 35.5. The Morgan fingerprint density at radius 2 is 2.24 bits per heavy atom. The predicted molar refractivity (Wildman–Crippen MR) is 69.7 cm³/mol. The largest absolute Gasteiger partial charge is 0.293 e. The Kier molecular flexibility index (Phi) is 3.86. The maximum atomic E-state index is 11.8. The van der Waals surface area contributed by atoms with Crippen molar-refractivity contribution in [3.05, 3.63) is 47.2 Å². The summed E-state index contributed by atoms with van der Waals surface area (Å²) in [6.45, 7) is 0. The number of nitrogens with zero attached hydrogens (tertiary/aromatic N) is 2. The topological polar surface area (TPSA) is 34.9 Å². The number of aromatic nitrogens is 2. The summed E-state index contributed by atoms with van der Waals surface area (Å²) in [5.41, 5.74) is 0.632. The molecule has 0 saturated heterocycles. The minimum Gasteiger partial charge on any atom is -0.293 e. The van der Waals surface area contributed by atoms with Gasteiger partial charge in [0.15, 0.2) is 5.78 Å². The molecule has 0 atom stereocenters. The molecule has 0 aliphatic heterocycles. The number of hydrogen-bond acceptors (Lipinski definition) is 3. The van der Waals surface area contributed by atoms with Gasteiger partial charge in [-0.2, -0.15) is 5.10 Å². The van der Waals surface area contributed by atoms with Crippen LogP contribution in [-0.2, 0) is 7.05 Å². The van der Waals surface area contributed by atoms with Gasteiger partial charge < -0.3 is 0 Å². The van der Waals surface area contributed by atoms with Crippen LogP contribution in [-0.4, -0.2) is 21.3 Å². The van der Waals surface area contributed by atoms with Crippen molar-refractivity contribution < 1.29 is 4.79 Å². The van der Waals surface area contributed by atoms with Gasteiger partial charge in [-0.05, 0) is 12.1 Å². The molecule has 0 fully saturated rings. The summed E-state index contributed by atoms with van der Waals surface area (Å²) in [6, 6.07) is 7.50. The summed E-state index contributed by atoms with van der Waals surface area (Å²) in [5.74, 6) is 0.429. The zero-order valence-electron chi connectivity index (χ0n) is 9.26. The lowest BCUT2D eigenvalue weighted by atomic mass is 10.3. The number of ketones is 1. The summed E-state index contributed by atoms with van der Waals surface area (Å²) in [7, 11) is 1.79. The molecular formula is C12H11ClN2OS. The maximum Gasteiger partial charge on any atom is 0.176 e. The number of benzene rings is 1. The Morgan fingerprint density at radius 1 is 1.47 bits per heavy atom. The number of carbonyl (C=O) groups excluding carboxylic acids is 1. The first kappa shape index (κ1) is 12.2. The van der Waals surface area contributed by atoms with Gasteiger partial charge in [0.1, 0.15) is 0 Å². The molecule has 2 rings (SSSR count). The standard InChI is InChI=1S/C12H11ClN2OS/c1-15-7-9(6-14-15)11(16)8-17-12-5-3-2-4-10(12)13/h2-7H,8H2,1H3. The van der Waals surface area contributed by atoms with Crippen molar-refractivity contribution in [2.75, 3.05) is 5.75 Å². The van der Waals surface area contributed by atoms with Crippen LogP contribution in [0.1, 0.15) is 10.4 Å². The zero-order chi connectivity index (χ0) is 12.3. The second kappa shape index (κ2) is 5.38. The van der Waals surface area contributed by atoms with Gasteiger partial charge in [0.25, 0.3) is 0 Å². The van der Waals surface area contributed by atoms with Gasteiger partial charge >= 0.3 is 0 Å². The lowest BCUT2D eigenvalue weighted by molar-refractivity contribution is 0.102. The fraction of sp³-hybridized carbons (Fsp3) is 0.167. The smallest absolute Gasteiger partial charge is 0.176 e. The van der Waals surface area contributed by atoms with E-state index in [1.165, 1.54) is 11.8 Å². The first-order valence-electron chi connectivity index (χ1n) is 5.06. The van der Waals surface area contributed by atoms with E-state index >= 15 is 0 Å². The molecule has 1 heterocycles. The molecule has 0 spiro atoms. The average Bonchev–Trinajstić information content (AvgIpc) is 2.74. The Balaban J connectivity index is 1.99. The number of halogens is 1. The van der Waals surface area contributed by atoms with Crippen molar-refractivity contribution in [2.45, 2.75) is 4.90 Å². The zero-order valence-corrected chi connectivity index (χ0v) is 10.8. The normalized spacial score (nSPS) is 10.5. The van der Waals surface area contributed by atoms with Crippen molar-refractivity contribution in [3.8, 4) is 0 Å². The molecule has 0 amide bonds. The molecular weight excluding hydrogens is 256 g/mol. The maximum absolute atomic E-state index is 11.8. The molecule has 88 valence electrons. The third-order valence-corrected chi connectivity index (χ3v) is 3.74. The van der Waals surface area contributed by atoms with Crippen molar-refractivity contribution in [1.82, 2.24) is 9.78 Å². The van der Waals surface area contributed by atoms with Crippen LogP contribution >= 0.6 is 23.4 Å². The van der Waals surface area contributed by atoms with Crippen LogP contribution in [0, 0.1) is 0 Å². The van der Waals surface area contributed by atoms with Crippen molar-refractivity contribution in [3.63, 3.8) is 0 Å². The monoisotopic (exact) mass is 266 g/mol. The quantitative estimate of drug-likeness (QED) is 0.630. The van der Waals surface area contributed by atoms with E-state index in [0.717, 1.165) is 4.90 Å². The number of hydrogen-bond donors (Lipinski definition) is 0. The first-order chi connectivity index (χ1) is 8.16. The van der Waals surface area contributed by atoms with E-state index in [4.69, 9.17) is 11.6 Å². The number of thioether (sulfide) groups is 1. The van der Waals surface area contributed by atoms with E-state index in [1.807, 2.05) is 24.3 Å². The summed E-state index contributed by atoms with van der Waals surface area (Å²) in [4.78, 5) is 12.7. The number of Topliss-reactive ketones (excluding diaryl/α,β-unsaturated/α-hetero) is 1. The van der Waals surface area contributed by atoms with Crippen LogP contribution in [0.2, 0.25) is 5.02 Å². The Morgan fingerprint density at radius 3 is 2.88 bits per heavy atom. The van der Waals surface area contributed by atoms with Crippen LogP contribution in [0.15, 0.2) is 41.6 Å². The second-order valence-electron chi connectivity index (χ2n) is 3.54. The molecule has 0 N–H and O–H groups in total. The Hall–Kier alpha value is -1.26. The molecule has 0 bridgehead atoms. The van der Waals surface area contributed by atoms with Crippen molar-refractivity contribution in [1.29, 1.82) is 0 Å². The lowest BCUT2D eigenvalue weighted by Gasteiger charge is -2.01. The number of aryl methyl sites for hydroxylation is 1. The lowest BCUT2D eigenvalue weighted by Crippen LogP contribution is -2.00. The summed E-state index contributed by atoms with van der Waals surface area (Å²) in [6.07, 6.45) is 3.30. The predicted octanol–water partition coefficient (Wildman–Crippen LogP) is 3.05. The summed E-state index contributed by atoms with van der Waals surface area (Å²) >= 11 is 7.45. The minimum absolute atomic E-state index is 0.0584. The molecule has 2 aromatic rings. The molecule has 5 heteroatoms. The van der Waals surface area contributed by atoms with E-state index < -0.39 is 0 Å². The molecule has 0 unspecified atom stereocenters. The van der Waals surface area contributed by atoms with E-state index in [9.17, 15) is 4.79 Å². The fourth-order valence-electron chi connectivity index (χ4n) is 1.35. The number of rotatable bonds is 4. The molecule has 1 aromatic carbocycles. The van der Waals surface area contributed by atoms with Crippen LogP contribution in [0.4, 0.5) is 0 Å². The van der Waals surface area contributed by atoms with Gasteiger partial charge in [-0.3, -0.25) is 9.48 Å². The van der Waals surface area contributed by atoms with Gasteiger partial charge in [-0.25, -0.2) is 0 Å². The SMILES string of the molecule is Cn1cc(C(=O)CSc2ccccc2Cl)cn1. The average molecular weight is 267 g/mol. The molecule has 0 aliphatic rings. The molecule has 0 aliphatic carbocycles. The van der Waals surface area contributed by atoms with Gasteiger partial charge in [-0.15, -0.1) is 11.8 Å². The Bertz CT molecular complexity index is 539. The van der Waals surface area contributed by atoms with Crippen LogP contribution in [0.25, 0.3) is 0 Å². The molecule has 1 aromatic heterocycles. The van der Waals surface area contributed by atoms with E-state index in [1.54, 1.807) is 24.1 Å². The van der Waals surface area contributed by atoms with Crippen LogP contribution in [0.3, 0.4) is 0 Å². The van der Waals surface area contributed by atoms with E-state index in [2.05, 4.69) is 5.10 Å². The van der Waals surface area contributed by atoms with Crippen molar-refractivity contribution >= 4 is 29.1 Å². The highest BCUT2D eigenvalue weighted by Crippen LogP contribution is 2.26. The second-order valence-corrected chi connectivity index (χ2v) is 4.97. The van der Waals surface area contributed by atoms with Gasteiger partial charge in [-0.1, -0.05) is 23.7 Å². The fourth-order valence-corrected chi connectivity index (χ4v) is 2.49. The van der Waals surface area contributed by atoms with Gasteiger partial charge in [0.2, 0.25) is 0 Å². The third-order valence-electron chi connectivity index (χ3n) is 2.22. The Labute approximate surface area is 109 Å². The molecule has 3 nitrogen and oxygen atoms in total. The van der Waals surface area contributed by atoms with Crippen LogP contribution < -0.4 is 0 Å². The van der Waals surface area contributed by atoms with Crippen molar-refractivity contribution in [2.24, 2.45) is 7.05 Å². The van der Waals surface area contributed by atoms with Gasteiger partial charge in [0.05, 0.1) is 22.5 Å². The number of carbonyl (C=O) groups is 1. The highest BCUT2D eigenvalue weighted by Gasteiger charge is 2.09. The third kappa shape index (κ3) is 3.11. The minimum atomic E-state index is 0.0584. The van der Waals surface area contributed by atoms with Crippen LogP contribution in [0.5, 0.6) is 0 Å². The molecule has 0 radical (unpaired) electrons. The first-order valence-corrected chi connectivity index (χ1v) is 6.42. The summed E-state index contributed by atoms with van der Waals surface area (Å²) in [5, 5.41) is 4.65.